The first-order chi connectivity index (χ1) is 15.2. The van der Waals surface area contributed by atoms with Crippen molar-refractivity contribution in [1.82, 2.24) is 4.98 Å². The third kappa shape index (κ3) is 4.45. The Kier molecular flexibility index (Phi) is 5.63. The van der Waals surface area contributed by atoms with E-state index in [0.29, 0.717) is 11.5 Å². The molecule has 0 bridgehead atoms. The molecule has 4 rings (SSSR count). The summed E-state index contributed by atoms with van der Waals surface area (Å²) in [5, 5.41) is 6.32. The average Bonchev–Trinajstić information content (AvgIpc) is 2.75. The third-order valence-electron chi connectivity index (χ3n) is 4.82. The molecule has 0 saturated carbocycles. The molecule has 0 aliphatic carbocycles. The van der Waals surface area contributed by atoms with Crippen LogP contribution in [0.5, 0.6) is 0 Å². The molecule has 9 heteroatoms. The van der Waals surface area contributed by atoms with E-state index in [1.807, 2.05) is 36.4 Å². The van der Waals surface area contributed by atoms with E-state index in [4.69, 9.17) is 17.3 Å². The van der Waals surface area contributed by atoms with Crippen LogP contribution in [-0.4, -0.2) is 11.0 Å². The van der Waals surface area contributed by atoms with Gasteiger partial charge in [0.2, 0.25) is 0 Å². The van der Waals surface area contributed by atoms with Crippen molar-refractivity contribution < 1.29 is 18.0 Å². The van der Waals surface area contributed by atoms with Crippen molar-refractivity contribution in [3.63, 3.8) is 0 Å². The van der Waals surface area contributed by atoms with Gasteiger partial charge in [0.05, 0.1) is 10.6 Å². The zero-order chi connectivity index (χ0) is 22.9. The Bertz CT molecular complexity index is 1310. The fourth-order valence-corrected chi connectivity index (χ4v) is 3.55. The highest BCUT2D eigenvalue weighted by Crippen LogP contribution is 2.36. The molecule has 4 aromatic rings. The highest BCUT2D eigenvalue weighted by molar-refractivity contribution is 6.31. The van der Waals surface area contributed by atoms with E-state index in [1.165, 1.54) is 6.07 Å². The molecule has 162 valence electrons. The number of pyridine rings is 1. The molecule has 0 aliphatic rings. The summed E-state index contributed by atoms with van der Waals surface area (Å²) in [7, 11) is 0. The number of rotatable bonds is 3. The minimum atomic E-state index is -4.62. The largest absolute Gasteiger partial charge is 0.417 e. The fourth-order valence-electron chi connectivity index (χ4n) is 3.33. The Labute approximate surface area is 186 Å². The molecule has 0 unspecified atom stereocenters. The van der Waals surface area contributed by atoms with Crippen LogP contribution in [0.3, 0.4) is 0 Å². The molecule has 3 aromatic carbocycles. The topological polar surface area (TPSA) is 80.0 Å². The zero-order valence-corrected chi connectivity index (χ0v) is 17.1. The van der Waals surface area contributed by atoms with Gasteiger partial charge in [-0.15, -0.1) is 0 Å². The van der Waals surface area contributed by atoms with Crippen molar-refractivity contribution in [3.8, 4) is 11.1 Å². The van der Waals surface area contributed by atoms with Crippen molar-refractivity contribution in [2.24, 2.45) is 0 Å². The van der Waals surface area contributed by atoms with Crippen molar-refractivity contribution >= 4 is 45.6 Å². The Hall–Kier alpha value is -3.78. The number of nitrogens with two attached hydrogens (primary N) is 1. The number of nitrogen functional groups attached to an aromatic ring is 1. The molecule has 2 amide bonds. The number of hydrogen-bond donors (Lipinski definition) is 3. The van der Waals surface area contributed by atoms with Crippen LogP contribution in [0.4, 0.5) is 35.2 Å². The summed E-state index contributed by atoms with van der Waals surface area (Å²) in [6.07, 6.45) is -2.98. The number of carbonyl (C=O) groups excluding carboxylic acids is 1. The van der Waals surface area contributed by atoms with Gasteiger partial charge in [-0.05, 0) is 52.9 Å². The molecule has 5 nitrogen and oxygen atoms in total. The van der Waals surface area contributed by atoms with E-state index < -0.39 is 22.8 Å². The maximum Gasteiger partial charge on any atom is 0.417 e. The lowest BCUT2D eigenvalue weighted by Crippen LogP contribution is -2.19. The number of halogens is 4. The molecule has 0 aliphatic heterocycles. The second-order valence-corrected chi connectivity index (χ2v) is 7.35. The number of hydrogen-bond acceptors (Lipinski definition) is 3. The highest BCUT2D eigenvalue weighted by atomic mass is 35.5. The first-order valence-electron chi connectivity index (χ1n) is 9.41. The number of anilines is 3. The first-order valence-corrected chi connectivity index (χ1v) is 9.78. The van der Waals surface area contributed by atoms with Gasteiger partial charge in [-0.3, -0.25) is 0 Å². The maximum absolute atomic E-state index is 13.0. The summed E-state index contributed by atoms with van der Waals surface area (Å²) in [4.78, 5) is 16.3. The first kappa shape index (κ1) is 21.5. The fraction of sp³-hybridized carbons (Fsp3) is 0.0435. The standard InChI is InChI=1S/C23H16ClF3N4O/c24-20-9-8-15(12-19(20)23(25,26)27)31-22(32)30-14-6-4-13(5-7-14)16-2-1-3-18-17(16)10-11-29-21(18)28/h1-12H,(H2,28,29)(H2,30,31,32). The molecule has 32 heavy (non-hydrogen) atoms. The summed E-state index contributed by atoms with van der Waals surface area (Å²) >= 11 is 5.60. The number of nitrogens with one attached hydrogen (secondary N) is 2. The van der Waals surface area contributed by atoms with Crippen LogP contribution < -0.4 is 16.4 Å². The van der Waals surface area contributed by atoms with Crippen LogP contribution in [0, 0.1) is 0 Å². The Morgan fingerprint density at radius 1 is 0.906 bits per heavy atom. The van der Waals surface area contributed by atoms with Crippen LogP contribution >= 0.6 is 11.6 Å². The van der Waals surface area contributed by atoms with Gasteiger partial charge in [0.15, 0.2) is 0 Å². The van der Waals surface area contributed by atoms with E-state index >= 15 is 0 Å². The SMILES string of the molecule is Nc1nccc2c(-c3ccc(NC(=O)Nc4ccc(Cl)c(C(F)(F)F)c4)cc3)cccc12. The Balaban J connectivity index is 1.50. The average molecular weight is 457 g/mol. The number of amides is 2. The van der Waals surface area contributed by atoms with Gasteiger partial charge < -0.3 is 16.4 Å². The van der Waals surface area contributed by atoms with Crippen LogP contribution in [0.25, 0.3) is 21.9 Å². The molecule has 0 fully saturated rings. The number of alkyl halides is 3. The van der Waals surface area contributed by atoms with E-state index in [2.05, 4.69) is 15.6 Å². The third-order valence-corrected chi connectivity index (χ3v) is 5.15. The predicted octanol–water partition coefficient (Wildman–Crippen LogP) is 6.80. The molecule has 0 saturated heterocycles. The van der Waals surface area contributed by atoms with Crippen LogP contribution in [0.1, 0.15) is 5.56 Å². The predicted molar refractivity (Wildman–Crippen MR) is 121 cm³/mol. The molecule has 0 radical (unpaired) electrons. The normalized spacial score (nSPS) is 11.4. The second kappa shape index (κ2) is 8.39. The van der Waals surface area contributed by atoms with E-state index in [1.54, 1.807) is 18.3 Å². The number of fused-ring (bicyclic) bond motifs is 1. The van der Waals surface area contributed by atoms with Crippen LogP contribution in [-0.2, 0) is 6.18 Å². The molecule has 0 atom stereocenters. The number of nitrogens with zero attached hydrogens (tertiary/aromatic N) is 1. The molecule has 0 spiro atoms. The lowest BCUT2D eigenvalue weighted by molar-refractivity contribution is -0.137. The van der Waals surface area contributed by atoms with Gasteiger partial charge in [0.1, 0.15) is 5.82 Å². The van der Waals surface area contributed by atoms with Crippen molar-refractivity contribution in [2.45, 2.75) is 6.18 Å². The van der Waals surface area contributed by atoms with Gasteiger partial charge in [-0.2, -0.15) is 13.2 Å². The quantitative estimate of drug-likeness (QED) is 0.317. The lowest BCUT2D eigenvalue weighted by Gasteiger charge is -2.13. The summed E-state index contributed by atoms with van der Waals surface area (Å²) in [5.74, 6) is 0.440. The number of carbonyl (C=O) groups is 1. The Morgan fingerprint density at radius 2 is 1.59 bits per heavy atom. The highest BCUT2D eigenvalue weighted by Gasteiger charge is 2.33. The van der Waals surface area contributed by atoms with Gasteiger partial charge in [0.25, 0.3) is 0 Å². The van der Waals surface area contributed by atoms with Gasteiger partial charge in [0, 0.05) is 23.0 Å². The summed E-state index contributed by atoms with van der Waals surface area (Å²) < 4.78 is 39.0. The second-order valence-electron chi connectivity index (χ2n) is 6.95. The van der Waals surface area contributed by atoms with E-state index in [9.17, 15) is 18.0 Å². The molecular weight excluding hydrogens is 441 g/mol. The van der Waals surface area contributed by atoms with Crippen LogP contribution in [0.15, 0.2) is 72.9 Å². The summed E-state index contributed by atoms with van der Waals surface area (Å²) in [6, 6.07) is 17.1. The van der Waals surface area contributed by atoms with E-state index in [0.717, 1.165) is 34.0 Å². The minimum Gasteiger partial charge on any atom is -0.383 e. The number of benzene rings is 3. The van der Waals surface area contributed by atoms with Gasteiger partial charge in [-0.1, -0.05) is 41.9 Å². The molecule has 1 heterocycles. The summed E-state index contributed by atoms with van der Waals surface area (Å²) in [6.45, 7) is 0. The van der Waals surface area contributed by atoms with Crippen molar-refractivity contribution in [2.75, 3.05) is 16.4 Å². The van der Waals surface area contributed by atoms with Crippen molar-refractivity contribution in [3.05, 3.63) is 83.5 Å². The number of aromatic nitrogens is 1. The maximum atomic E-state index is 13.0. The summed E-state index contributed by atoms with van der Waals surface area (Å²) in [5.41, 5.74) is 7.23. The van der Waals surface area contributed by atoms with Crippen LogP contribution in [0.2, 0.25) is 5.02 Å². The van der Waals surface area contributed by atoms with Crippen molar-refractivity contribution in [1.29, 1.82) is 0 Å². The minimum absolute atomic E-state index is 0.0298. The Morgan fingerprint density at radius 3 is 2.31 bits per heavy atom. The van der Waals surface area contributed by atoms with Gasteiger partial charge >= 0.3 is 12.2 Å². The van der Waals surface area contributed by atoms with E-state index in [-0.39, 0.29) is 5.69 Å². The molecule has 4 N–H and O–H groups in total. The monoisotopic (exact) mass is 456 g/mol. The zero-order valence-electron chi connectivity index (χ0n) is 16.4. The smallest absolute Gasteiger partial charge is 0.383 e. The van der Waals surface area contributed by atoms with Gasteiger partial charge in [-0.25, -0.2) is 9.78 Å². The molecule has 1 aromatic heterocycles. The molecular formula is C23H16ClF3N4O. The lowest BCUT2D eigenvalue weighted by atomic mass is 9.99. The number of urea groups is 1.